The molecule has 0 fully saturated rings. The zero-order chi connectivity index (χ0) is 15.2. The first-order valence-electron chi connectivity index (χ1n) is 6.81. The van der Waals surface area contributed by atoms with Gasteiger partial charge < -0.3 is 5.11 Å². The van der Waals surface area contributed by atoms with Crippen molar-refractivity contribution < 1.29 is 9.90 Å². The van der Waals surface area contributed by atoms with Crippen LogP contribution in [0.25, 0.3) is 5.57 Å². The molecule has 0 spiro atoms. The van der Waals surface area contributed by atoms with Crippen LogP contribution in [0.1, 0.15) is 22.3 Å². The van der Waals surface area contributed by atoms with Gasteiger partial charge in [0.2, 0.25) is 0 Å². The maximum Gasteiger partial charge on any atom is 0.328 e. The van der Waals surface area contributed by atoms with Crippen LogP contribution in [0.4, 0.5) is 0 Å². The maximum absolute atomic E-state index is 10.6. The van der Waals surface area contributed by atoms with Crippen LogP contribution in [0.5, 0.6) is 0 Å². The maximum atomic E-state index is 10.6. The van der Waals surface area contributed by atoms with E-state index in [2.05, 4.69) is 48.5 Å². The third-order valence-electron chi connectivity index (χ3n) is 3.23. The van der Waals surface area contributed by atoms with E-state index >= 15 is 0 Å². The van der Waals surface area contributed by atoms with Crippen molar-refractivity contribution in [3.8, 4) is 0 Å². The monoisotopic (exact) mass is 278 g/mol. The summed E-state index contributed by atoms with van der Waals surface area (Å²) in [5.74, 6) is -0.946. The lowest BCUT2D eigenvalue weighted by Crippen LogP contribution is -1.89. The Morgan fingerprint density at radius 3 is 1.67 bits per heavy atom. The van der Waals surface area contributed by atoms with Crippen molar-refractivity contribution >= 4 is 11.5 Å². The van der Waals surface area contributed by atoms with Crippen LogP contribution in [0.2, 0.25) is 0 Å². The summed E-state index contributed by atoms with van der Waals surface area (Å²) in [5.41, 5.74) is 5.54. The Morgan fingerprint density at radius 1 is 0.857 bits per heavy atom. The number of carboxylic acids is 1. The summed E-state index contributed by atoms with van der Waals surface area (Å²) in [4.78, 5) is 10.6. The second-order valence-corrected chi connectivity index (χ2v) is 5.01. The Kier molecular flexibility index (Phi) is 4.72. The first-order chi connectivity index (χ1) is 10.1. The zero-order valence-corrected chi connectivity index (χ0v) is 12.2. The molecule has 2 heteroatoms. The van der Waals surface area contributed by atoms with Gasteiger partial charge >= 0.3 is 5.97 Å². The average Bonchev–Trinajstić information content (AvgIpc) is 2.46. The van der Waals surface area contributed by atoms with Gasteiger partial charge in [-0.1, -0.05) is 71.8 Å². The predicted octanol–water partition coefficient (Wildman–Crippen LogP) is 4.38. The van der Waals surface area contributed by atoms with Gasteiger partial charge in [0.1, 0.15) is 0 Å². The molecule has 0 aromatic heterocycles. The summed E-state index contributed by atoms with van der Waals surface area (Å²) >= 11 is 0. The number of allylic oxidation sites excluding steroid dienone is 2. The molecular formula is C19H18O2. The van der Waals surface area contributed by atoms with Gasteiger partial charge in [0, 0.05) is 6.08 Å². The van der Waals surface area contributed by atoms with Crippen molar-refractivity contribution in [1.82, 2.24) is 0 Å². The van der Waals surface area contributed by atoms with Gasteiger partial charge in [-0.2, -0.15) is 0 Å². The summed E-state index contributed by atoms with van der Waals surface area (Å²) < 4.78 is 0. The lowest BCUT2D eigenvalue weighted by molar-refractivity contribution is -0.131. The van der Waals surface area contributed by atoms with Crippen LogP contribution in [0, 0.1) is 13.8 Å². The molecule has 0 bridgehead atoms. The summed E-state index contributed by atoms with van der Waals surface area (Å²) in [5, 5.41) is 8.72. The quantitative estimate of drug-likeness (QED) is 0.666. The van der Waals surface area contributed by atoms with E-state index in [0.29, 0.717) is 0 Å². The minimum atomic E-state index is -0.946. The van der Waals surface area contributed by atoms with Crippen LogP contribution >= 0.6 is 0 Å². The van der Waals surface area contributed by atoms with Crippen LogP contribution in [0.3, 0.4) is 0 Å². The highest BCUT2D eigenvalue weighted by Crippen LogP contribution is 2.24. The molecule has 21 heavy (non-hydrogen) atoms. The summed E-state index contributed by atoms with van der Waals surface area (Å²) in [7, 11) is 0. The van der Waals surface area contributed by atoms with Gasteiger partial charge in [0.25, 0.3) is 0 Å². The van der Waals surface area contributed by atoms with Crippen molar-refractivity contribution in [2.45, 2.75) is 13.8 Å². The van der Waals surface area contributed by atoms with Gasteiger partial charge in [-0.15, -0.1) is 0 Å². The summed E-state index contributed by atoms with van der Waals surface area (Å²) in [6.07, 6.45) is 4.54. The largest absolute Gasteiger partial charge is 0.478 e. The summed E-state index contributed by atoms with van der Waals surface area (Å²) in [6, 6.07) is 16.4. The van der Waals surface area contributed by atoms with Crippen molar-refractivity contribution in [2.24, 2.45) is 0 Å². The van der Waals surface area contributed by atoms with Crippen molar-refractivity contribution in [1.29, 1.82) is 0 Å². The smallest absolute Gasteiger partial charge is 0.328 e. The molecule has 0 aliphatic heterocycles. The predicted molar refractivity (Wildman–Crippen MR) is 86.2 cm³/mol. The Labute approximate surface area is 125 Å². The fraction of sp³-hybridized carbons (Fsp3) is 0.105. The number of rotatable bonds is 4. The number of aliphatic carboxylic acids is 1. The number of carbonyl (C=O) groups is 1. The van der Waals surface area contributed by atoms with Gasteiger partial charge in [-0.3, -0.25) is 0 Å². The third kappa shape index (κ3) is 4.18. The number of hydrogen-bond acceptors (Lipinski definition) is 1. The molecule has 0 aliphatic rings. The number of hydrogen-bond donors (Lipinski definition) is 1. The molecule has 0 amide bonds. The molecule has 0 unspecified atom stereocenters. The summed E-state index contributed by atoms with van der Waals surface area (Å²) in [6.45, 7) is 4.09. The SMILES string of the molecule is Cc1ccc(C(=CC=CC(=O)O)c2ccc(C)cc2)cc1. The minimum absolute atomic E-state index is 0.946. The first-order valence-corrected chi connectivity index (χ1v) is 6.81. The van der Waals surface area contributed by atoms with Gasteiger partial charge in [0.15, 0.2) is 0 Å². The normalized spacial score (nSPS) is 10.6. The van der Waals surface area contributed by atoms with E-state index in [-0.39, 0.29) is 0 Å². The molecule has 0 atom stereocenters. The van der Waals surface area contributed by atoms with Gasteiger partial charge in [-0.25, -0.2) is 4.79 Å². The molecule has 106 valence electrons. The fourth-order valence-corrected chi connectivity index (χ4v) is 2.05. The topological polar surface area (TPSA) is 37.3 Å². The lowest BCUT2D eigenvalue weighted by atomic mass is 9.96. The highest BCUT2D eigenvalue weighted by molar-refractivity contribution is 5.84. The Hall–Kier alpha value is -2.61. The molecule has 2 aromatic carbocycles. The van der Waals surface area contributed by atoms with E-state index in [4.69, 9.17) is 5.11 Å². The van der Waals surface area contributed by atoms with Crippen LogP contribution in [-0.4, -0.2) is 11.1 Å². The molecule has 0 saturated heterocycles. The van der Waals surface area contributed by atoms with E-state index in [0.717, 1.165) is 22.8 Å². The van der Waals surface area contributed by atoms with Gasteiger partial charge in [0.05, 0.1) is 0 Å². The van der Waals surface area contributed by atoms with Crippen molar-refractivity contribution in [3.05, 3.63) is 89.0 Å². The van der Waals surface area contributed by atoms with E-state index in [1.807, 2.05) is 19.9 Å². The van der Waals surface area contributed by atoms with Crippen molar-refractivity contribution in [3.63, 3.8) is 0 Å². The van der Waals surface area contributed by atoms with Crippen LogP contribution in [-0.2, 0) is 4.79 Å². The van der Waals surface area contributed by atoms with E-state index in [1.165, 1.54) is 11.1 Å². The Morgan fingerprint density at radius 2 is 1.29 bits per heavy atom. The third-order valence-corrected chi connectivity index (χ3v) is 3.23. The Balaban J connectivity index is 2.45. The van der Waals surface area contributed by atoms with Crippen LogP contribution in [0.15, 0.2) is 66.8 Å². The van der Waals surface area contributed by atoms with Crippen LogP contribution < -0.4 is 0 Å². The van der Waals surface area contributed by atoms with E-state index in [1.54, 1.807) is 6.08 Å². The highest BCUT2D eigenvalue weighted by Gasteiger charge is 2.04. The first kappa shape index (κ1) is 14.8. The Bertz CT molecular complexity index is 627. The second kappa shape index (κ2) is 6.71. The standard InChI is InChI=1S/C19H18O2/c1-14-6-10-16(11-7-14)18(4-3-5-19(20)21)17-12-8-15(2)9-13-17/h3-13H,1-2H3,(H,20,21). The molecular weight excluding hydrogens is 260 g/mol. The minimum Gasteiger partial charge on any atom is -0.478 e. The molecule has 2 aromatic rings. The van der Waals surface area contributed by atoms with Crippen molar-refractivity contribution in [2.75, 3.05) is 0 Å². The molecule has 0 radical (unpaired) electrons. The average molecular weight is 278 g/mol. The second-order valence-electron chi connectivity index (χ2n) is 5.01. The molecule has 0 aliphatic carbocycles. The molecule has 0 heterocycles. The number of carboxylic acid groups (broad SMARTS) is 1. The number of benzene rings is 2. The molecule has 2 nitrogen and oxygen atoms in total. The van der Waals surface area contributed by atoms with Gasteiger partial charge in [-0.05, 0) is 30.5 Å². The fourth-order valence-electron chi connectivity index (χ4n) is 2.05. The van der Waals surface area contributed by atoms with E-state index < -0.39 is 5.97 Å². The number of aryl methyl sites for hydroxylation is 2. The van der Waals surface area contributed by atoms with E-state index in [9.17, 15) is 4.79 Å². The molecule has 1 N–H and O–H groups in total. The highest BCUT2D eigenvalue weighted by atomic mass is 16.4. The lowest BCUT2D eigenvalue weighted by Gasteiger charge is -2.09. The molecule has 2 rings (SSSR count). The zero-order valence-electron chi connectivity index (χ0n) is 12.2. The molecule has 0 saturated carbocycles.